The maximum absolute atomic E-state index is 7.37. The maximum Gasteiger partial charge on any atom is 0.261 e. The molecule has 1 aliphatic rings. The number of hydrogen-bond acceptors (Lipinski definition) is 2. The van der Waals surface area contributed by atoms with Crippen LogP contribution in [-0.4, -0.2) is 28.1 Å². The van der Waals surface area contributed by atoms with Crippen LogP contribution in [0.5, 0.6) is 0 Å². The topological polar surface area (TPSA) is 18.5 Å². The highest BCUT2D eigenvalue weighted by Crippen LogP contribution is 2.56. The van der Waals surface area contributed by atoms with Gasteiger partial charge in [0.05, 0.1) is 0 Å². The van der Waals surface area contributed by atoms with Gasteiger partial charge < -0.3 is 9.16 Å². The van der Waals surface area contributed by atoms with E-state index in [4.69, 9.17) is 9.16 Å². The highest BCUT2D eigenvalue weighted by Gasteiger charge is 2.54. The zero-order valence-electron chi connectivity index (χ0n) is 25.4. The molecule has 2 aromatic carbocycles. The quantitative estimate of drug-likeness (QED) is 0.166. The standard InChI is InChI=1S/C35H52O2Si/c1-9-10-11-14-19-30(36-8)25-27-35(7)26-24-29(34(35,5)6)28-37-38(33(2,3)4,31-20-15-12-16-21-31)32-22-17-13-18-23-32/h12-13,15-18,20-23,29-30H,9-11,14,19,24,26,28H2,1-8H3/t29-,30-,35+/m1/s1. The minimum absolute atomic E-state index is 0.00890. The first kappa shape index (κ1) is 30.7. The van der Waals surface area contributed by atoms with Crippen LogP contribution in [0.25, 0.3) is 0 Å². The van der Waals surface area contributed by atoms with Gasteiger partial charge in [0.15, 0.2) is 0 Å². The molecule has 2 nitrogen and oxygen atoms in total. The van der Waals surface area contributed by atoms with E-state index >= 15 is 0 Å². The van der Waals surface area contributed by atoms with Crippen LogP contribution in [0.15, 0.2) is 60.7 Å². The lowest BCUT2D eigenvalue weighted by Crippen LogP contribution is -2.67. The SMILES string of the molecule is CCCCCC[C@H](C#C[C@]1(C)CC[C@H](CO[Si](c2ccccc2)(c2ccccc2)C(C)(C)C)C1(C)C)OC. The molecule has 0 heterocycles. The first-order valence-corrected chi connectivity index (χ1v) is 16.7. The van der Waals surface area contributed by atoms with Crippen LogP contribution in [0.3, 0.4) is 0 Å². The van der Waals surface area contributed by atoms with E-state index in [0.717, 1.165) is 25.9 Å². The van der Waals surface area contributed by atoms with Crippen LogP contribution in [0.4, 0.5) is 0 Å². The minimum Gasteiger partial charge on any atom is -0.407 e. The molecule has 38 heavy (non-hydrogen) atoms. The third-order valence-corrected chi connectivity index (χ3v) is 14.5. The van der Waals surface area contributed by atoms with E-state index in [-0.39, 0.29) is 22.0 Å². The fourth-order valence-electron chi connectivity index (χ4n) is 6.34. The van der Waals surface area contributed by atoms with Crippen LogP contribution in [0.2, 0.25) is 5.04 Å². The lowest BCUT2D eigenvalue weighted by Gasteiger charge is -2.45. The maximum atomic E-state index is 7.37. The van der Waals surface area contributed by atoms with Gasteiger partial charge in [0.25, 0.3) is 8.32 Å². The first-order chi connectivity index (χ1) is 18.0. The van der Waals surface area contributed by atoms with Gasteiger partial charge in [0.2, 0.25) is 0 Å². The third-order valence-electron chi connectivity index (χ3n) is 9.47. The van der Waals surface area contributed by atoms with Crippen molar-refractivity contribution in [1.82, 2.24) is 0 Å². The zero-order chi connectivity index (χ0) is 27.9. The van der Waals surface area contributed by atoms with Crippen molar-refractivity contribution in [3.8, 4) is 11.8 Å². The summed E-state index contributed by atoms with van der Waals surface area (Å²) in [4.78, 5) is 0. The average Bonchev–Trinajstić information content (AvgIpc) is 3.12. The van der Waals surface area contributed by atoms with Gasteiger partial charge in [-0.05, 0) is 59.4 Å². The molecule has 0 spiro atoms. The number of ether oxygens (including phenoxy) is 1. The molecule has 1 fully saturated rings. The summed E-state index contributed by atoms with van der Waals surface area (Å²) in [6.45, 7) is 17.3. The van der Waals surface area contributed by atoms with E-state index in [0.29, 0.717) is 5.92 Å². The summed E-state index contributed by atoms with van der Waals surface area (Å²) in [5.74, 6) is 7.74. The molecule has 208 valence electrons. The van der Waals surface area contributed by atoms with Crippen LogP contribution in [0, 0.1) is 28.6 Å². The van der Waals surface area contributed by atoms with Crippen molar-refractivity contribution in [3.05, 3.63) is 60.7 Å². The number of hydrogen-bond donors (Lipinski definition) is 0. The Kier molecular flexibility index (Phi) is 10.5. The molecule has 3 heteroatoms. The molecule has 0 radical (unpaired) electrons. The lowest BCUT2D eigenvalue weighted by molar-refractivity contribution is 0.0956. The Balaban J connectivity index is 1.86. The monoisotopic (exact) mass is 532 g/mol. The second kappa shape index (κ2) is 13.0. The van der Waals surface area contributed by atoms with Gasteiger partial charge in [0, 0.05) is 19.1 Å². The molecule has 1 saturated carbocycles. The Morgan fingerprint density at radius 2 is 1.50 bits per heavy atom. The van der Waals surface area contributed by atoms with Gasteiger partial charge >= 0.3 is 0 Å². The molecular formula is C35H52O2Si. The molecule has 0 N–H and O–H groups in total. The Morgan fingerprint density at radius 1 is 0.921 bits per heavy atom. The predicted molar refractivity (Wildman–Crippen MR) is 166 cm³/mol. The third kappa shape index (κ3) is 6.47. The van der Waals surface area contributed by atoms with Gasteiger partial charge in [-0.15, -0.1) is 0 Å². The number of unbranched alkanes of at least 4 members (excludes halogenated alkanes) is 3. The molecule has 0 aliphatic heterocycles. The molecule has 0 amide bonds. The van der Waals surface area contributed by atoms with Crippen molar-refractivity contribution < 1.29 is 9.16 Å². The second-order valence-corrected chi connectivity index (χ2v) is 17.4. The lowest BCUT2D eigenvalue weighted by atomic mass is 9.66. The normalized spacial score (nSPS) is 22.1. The molecule has 2 aromatic rings. The Morgan fingerprint density at radius 3 is 2.00 bits per heavy atom. The number of rotatable bonds is 11. The minimum atomic E-state index is -2.55. The van der Waals surface area contributed by atoms with Gasteiger partial charge in [-0.25, -0.2) is 0 Å². The van der Waals surface area contributed by atoms with E-state index in [9.17, 15) is 0 Å². The van der Waals surface area contributed by atoms with E-state index in [1.807, 2.05) is 7.11 Å². The Bertz CT molecular complexity index is 1000. The van der Waals surface area contributed by atoms with Crippen molar-refractivity contribution in [3.63, 3.8) is 0 Å². The van der Waals surface area contributed by atoms with Crippen LogP contribution in [0.1, 0.15) is 93.4 Å². The number of methoxy groups -OCH3 is 1. The zero-order valence-corrected chi connectivity index (χ0v) is 26.4. The fraction of sp³-hybridized carbons (Fsp3) is 0.600. The fourth-order valence-corrected chi connectivity index (χ4v) is 11.0. The Hall–Kier alpha value is -1.86. The van der Waals surface area contributed by atoms with Crippen LogP contribution in [-0.2, 0) is 9.16 Å². The summed E-state index contributed by atoms with van der Waals surface area (Å²) < 4.78 is 13.1. The van der Waals surface area contributed by atoms with E-state index in [1.54, 1.807) is 0 Å². The second-order valence-electron chi connectivity index (χ2n) is 13.1. The molecule has 3 atom stereocenters. The van der Waals surface area contributed by atoms with Gasteiger partial charge in [0.1, 0.15) is 6.10 Å². The van der Waals surface area contributed by atoms with Crippen molar-refractivity contribution in [2.45, 2.75) is 105 Å². The highest BCUT2D eigenvalue weighted by molar-refractivity contribution is 6.99. The van der Waals surface area contributed by atoms with Gasteiger partial charge in [-0.1, -0.05) is 133 Å². The molecule has 0 bridgehead atoms. The largest absolute Gasteiger partial charge is 0.407 e. The van der Waals surface area contributed by atoms with Gasteiger partial charge in [-0.3, -0.25) is 0 Å². The molecular weight excluding hydrogens is 480 g/mol. The van der Waals surface area contributed by atoms with E-state index in [2.05, 4.69) is 121 Å². The van der Waals surface area contributed by atoms with Crippen molar-refractivity contribution in [1.29, 1.82) is 0 Å². The first-order valence-electron chi connectivity index (χ1n) is 14.8. The smallest absolute Gasteiger partial charge is 0.261 e. The van der Waals surface area contributed by atoms with Gasteiger partial charge in [-0.2, -0.15) is 0 Å². The van der Waals surface area contributed by atoms with E-state index in [1.165, 1.54) is 36.1 Å². The summed E-state index contributed by atoms with van der Waals surface area (Å²) in [5.41, 5.74) is -0.00142. The summed E-state index contributed by atoms with van der Waals surface area (Å²) in [6, 6.07) is 22.0. The predicted octanol–water partition coefficient (Wildman–Crippen LogP) is 7.99. The summed E-state index contributed by atoms with van der Waals surface area (Å²) in [7, 11) is -0.739. The summed E-state index contributed by atoms with van der Waals surface area (Å²) >= 11 is 0. The molecule has 0 aromatic heterocycles. The van der Waals surface area contributed by atoms with Crippen molar-refractivity contribution in [2.75, 3.05) is 13.7 Å². The summed E-state index contributed by atoms with van der Waals surface area (Å²) in [5, 5.41) is 2.69. The molecule has 1 aliphatic carbocycles. The average molecular weight is 533 g/mol. The van der Waals surface area contributed by atoms with Crippen molar-refractivity contribution >= 4 is 18.7 Å². The molecule has 3 rings (SSSR count). The van der Waals surface area contributed by atoms with Crippen LogP contribution < -0.4 is 10.4 Å². The Labute approximate surface area is 235 Å². The summed E-state index contributed by atoms with van der Waals surface area (Å²) in [6.07, 6.45) is 8.32. The number of benzene rings is 2. The van der Waals surface area contributed by atoms with Crippen molar-refractivity contribution in [2.24, 2.45) is 16.7 Å². The highest BCUT2D eigenvalue weighted by atomic mass is 28.4. The molecule has 0 unspecified atom stereocenters. The van der Waals surface area contributed by atoms with Crippen LogP contribution >= 0.6 is 0 Å². The molecule has 0 saturated heterocycles. The van der Waals surface area contributed by atoms with E-state index < -0.39 is 8.32 Å².